The van der Waals surface area contributed by atoms with Crippen LogP contribution in [0.4, 0.5) is 0 Å². The second kappa shape index (κ2) is 7.03. The van der Waals surface area contributed by atoms with Gasteiger partial charge < -0.3 is 4.74 Å². The molecule has 0 aliphatic carbocycles. The Morgan fingerprint density at radius 2 is 1.96 bits per heavy atom. The van der Waals surface area contributed by atoms with Gasteiger partial charge in [0.2, 0.25) is 0 Å². The SMILES string of the molecule is O=C(CCn1cnc2ccccc2c1=O)Oc1cc(Cl)ccc1Cl. The minimum Gasteiger partial charge on any atom is -0.425 e. The Morgan fingerprint density at radius 1 is 1.17 bits per heavy atom. The zero-order valence-corrected chi connectivity index (χ0v) is 13.9. The maximum absolute atomic E-state index is 12.3. The number of esters is 1. The van der Waals surface area contributed by atoms with Gasteiger partial charge >= 0.3 is 5.97 Å². The third kappa shape index (κ3) is 3.58. The van der Waals surface area contributed by atoms with E-state index in [1.165, 1.54) is 17.0 Å². The van der Waals surface area contributed by atoms with Crippen molar-refractivity contribution >= 4 is 40.1 Å². The van der Waals surface area contributed by atoms with E-state index in [9.17, 15) is 9.59 Å². The molecule has 0 saturated heterocycles. The smallest absolute Gasteiger partial charge is 0.313 e. The number of fused-ring (bicyclic) bond motifs is 1. The number of halogens is 2. The van der Waals surface area contributed by atoms with Crippen LogP contribution in [0.1, 0.15) is 6.42 Å². The Kier molecular flexibility index (Phi) is 4.83. The predicted molar refractivity (Wildman–Crippen MR) is 92.7 cm³/mol. The normalized spacial score (nSPS) is 10.8. The molecule has 3 rings (SSSR count). The fourth-order valence-electron chi connectivity index (χ4n) is 2.21. The molecule has 122 valence electrons. The van der Waals surface area contributed by atoms with Crippen LogP contribution < -0.4 is 10.3 Å². The lowest BCUT2D eigenvalue weighted by atomic mass is 10.2. The van der Waals surface area contributed by atoms with Crippen molar-refractivity contribution in [3.8, 4) is 5.75 Å². The van der Waals surface area contributed by atoms with E-state index >= 15 is 0 Å². The molecule has 0 bridgehead atoms. The highest BCUT2D eigenvalue weighted by molar-refractivity contribution is 6.34. The Bertz CT molecular complexity index is 969. The van der Waals surface area contributed by atoms with Gasteiger partial charge in [0.25, 0.3) is 5.56 Å². The number of rotatable bonds is 4. The van der Waals surface area contributed by atoms with Gasteiger partial charge in [0, 0.05) is 17.6 Å². The maximum atomic E-state index is 12.3. The molecule has 3 aromatic rings. The molecule has 0 radical (unpaired) electrons. The predicted octanol–water partition coefficient (Wildman–Crippen LogP) is 3.70. The van der Waals surface area contributed by atoms with Gasteiger partial charge in [-0.1, -0.05) is 35.3 Å². The first-order chi connectivity index (χ1) is 11.5. The van der Waals surface area contributed by atoms with Gasteiger partial charge in [0.15, 0.2) is 5.75 Å². The zero-order valence-electron chi connectivity index (χ0n) is 12.4. The van der Waals surface area contributed by atoms with Crippen molar-refractivity contribution in [2.24, 2.45) is 0 Å². The summed E-state index contributed by atoms with van der Waals surface area (Å²) in [5.74, 6) is -0.322. The molecule has 0 fully saturated rings. The first kappa shape index (κ1) is 16.5. The number of carbonyl (C=O) groups excluding carboxylic acids is 1. The largest absolute Gasteiger partial charge is 0.425 e. The fraction of sp³-hybridized carbons (Fsp3) is 0.118. The third-order valence-corrected chi connectivity index (χ3v) is 3.95. The maximum Gasteiger partial charge on any atom is 0.313 e. The summed E-state index contributed by atoms with van der Waals surface area (Å²) in [6.45, 7) is 0.160. The molecule has 0 amide bonds. The van der Waals surface area contributed by atoms with E-state index in [0.29, 0.717) is 15.9 Å². The first-order valence-corrected chi connectivity index (χ1v) is 7.90. The van der Waals surface area contributed by atoms with Gasteiger partial charge in [0.05, 0.1) is 28.7 Å². The zero-order chi connectivity index (χ0) is 17.1. The van der Waals surface area contributed by atoms with Gasteiger partial charge in [0.1, 0.15) is 0 Å². The highest BCUT2D eigenvalue weighted by atomic mass is 35.5. The molecule has 5 nitrogen and oxygen atoms in total. The van der Waals surface area contributed by atoms with Crippen LogP contribution in [0.5, 0.6) is 5.75 Å². The number of benzene rings is 2. The molecule has 0 spiro atoms. The van der Waals surface area contributed by atoms with E-state index < -0.39 is 5.97 Å². The van der Waals surface area contributed by atoms with Crippen LogP contribution in [0.2, 0.25) is 10.0 Å². The quantitative estimate of drug-likeness (QED) is 0.524. The first-order valence-electron chi connectivity index (χ1n) is 7.14. The third-order valence-electron chi connectivity index (χ3n) is 3.41. The van der Waals surface area contributed by atoms with E-state index in [-0.39, 0.29) is 29.3 Å². The van der Waals surface area contributed by atoms with Crippen molar-refractivity contribution in [2.45, 2.75) is 13.0 Å². The number of ether oxygens (including phenoxy) is 1. The number of carbonyl (C=O) groups is 1. The van der Waals surface area contributed by atoms with Gasteiger partial charge in [-0.3, -0.25) is 14.2 Å². The number of para-hydroxylation sites is 1. The van der Waals surface area contributed by atoms with E-state index in [2.05, 4.69) is 4.98 Å². The van der Waals surface area contributed by atoms with Crippen LogP contribution in [0.25, 0.3) is 10.9 Å². The van der Waals surface area contributed by atoms with Crippen molar-refractivity contribution in [3.05, 3.63) is 69.2 Å². The summed E-state index contributed by atoms with van der Waals surface area (Å²) in [7, 11) is 0. The van der Waals surface area contributed by atoms with E-state index in [1.807, 2.05) is 6.07 Å². The highest BCUT2D eigenvalue weighted by Crippen LogP contribution is 2.27. The number of aryl methyl sites for hydroxylation is 1. The minimum absolute atomic E-state index is 0.00275. The number of hydrogen-bond donors (Lipinski definition) is 0. The van der Waals surface area contributed by atoms with Crippen molar-refractivity contribution in [3.63, 3.8) is 0 Å². The molecular formula is C17H12Cl2N2O3. The molecule has 0 saturated carbocycles. The molecule has 24 heavy (non-hydrogen) atoms. The summed E-state index contributed by atoms with van der Waals surface area (Å²) in [4.78, 5) is 28.5. The molecular weight excluding hydrogens is 351 g/mol. The highest BCUT2D eigenvalue weighted by Gasteiger charge is 2.11. The monoisotopic (exact) mass is 362 g/mol. The summed E-state index contributed by atoms with van der Waals surface area (Å²) in [5.41, 5.74) is 0.418. The second-order valence-corrected chi connectivity index (χ2v) is 5.90. The van der Waals surface area contributed by atoms with E-state index in [4.69, 9.17) is 27.9 Å². The van der Waals surface area contributed by atoms with Gasteiger partial charge in [-0.05, 0) is 24.3 Å². The second-order valence-electron chi connectivity index (χ2n) is 5.06. The summed E-state index contributed by atoms with van der Waals surface area (Å²) in [6, 6.07) is 11.6. The van der Waals surface area contributed by atoms with Gasteiger partial charge in [-0.2, -0.15) is 0 Å². The van der Waals surface area contributed by atoms with Crippen LogP contribution in [0.3, 0.4) is 0 Å². The van der Waals surface area contributed by atoms with Gasteiger partial charge in [-0.15, -0.1) is 0 Å². The van der Waals surface area contributed by atoms with E-state index in [1.54, 1.807) is 30.3 Å². The molecule has 2 aromatic carbocycles. The average molecular weight is 363 g/mol. The molecule has 1 heterocycles. The van der Waals surface area contributed by atoms with Crippen LogP contribution in [-0.4, -0.2) is 15.5 Å². The molecule has 0 unspecified atom stereocenters. The summed E-state index contributed by atoms with van der Waals surface area (Å²) >= 11 is 11.8. The number of hydrogen-bond acceptors (Lipinski definition) is 4. The Labute approximate surface area is 147 Å². The van der Waals surface area contributed by atoms with E-state index in [0.717, 1.165) is 0 Å². The lowest BCUT2D eigenvalue weighted by Gasteiger charge is -2.08. The Balaban J connectivity index is 1.71. The van der Waals surface area contributed by atoms with Crippen LogP contribution in [-0.2, 0) is 11.3 Å². The standard InChI is InChI=1S/C17H12Cl2N2O3/c18-11-5-6-13(19)15(9-11)24-16(22)7-8-21-10-20-14-4-2-1-3-12(14)17(21)23/h1-6,9-10H,7-8H2. The number of aromatic nitrogens is 2. The van der Waals surface area contributed by atoms with Crippen molar-refractivity contribution in [1.82, 2.24) is 9.55 Å². The fourth-order valence-corrected chi connectivity index (χ4v) is 2.52. The topological polar surface area (TPSA) is 61.2 Å². The minimum atomic E-state index is -0.515. The molecule has 7 heteroatoms. The van der Waals surface area contributed by atoms with Gasteiger partial charge in [-0.25, -0.2) is 4.98 Å². The Hall–Kier alpha value is -2.37. The summed E-state index contributed by atoms with van der Waals surface area (Å²) < 4.78 is 6.56. The molecule has 0 aliphatic rings. The molecule has 0 aliphatic heterocycles. The average Bonchev–Trinajstić information content (AvgIpc) is 2.58. The van der Waals surface area contributed by atoms with Crippen molar-refractivity contribution in [1.29, 1.82) is 0 Å². The van der Waals surface area contributed by atoms with Crippen LogP contribution in [0, 0.1) is 0 Å². The molecule has 1 aromatic heterocycles. The van der Waals surface area contributed by atoms with Crippen molar-refractivity contribution in [2.75, 3.05) is 0 Å². The molecule has 0 atom stereocenters. The molecule has 0 N–H and O–H groups in total. The van der Waals surface area contributed by atoms with Crippen LogP contribution in [0.15, 0.2) is 53.6 Å². The summed E-state index contributed by atoms with van der Waals surface area (Å²) in [6.07, 6.45) is 1.42. The van der Waals surface area contributed by atoms with Crippen molar-refractivity contribution < 1.29 is 9.53 Å². The lowest BCUT2D eigenvalue weighted by Crippen LogP contribution is -2.23. The lowest BCUT2D eigenvalue weighted by molar-refractivity contribution is -0.134. The number of nitrogens with zero attached hydrogens (tertiary/aromatic N) is 2. The summed E-state index contributed by atoms with van der Waals surface area (Å²) in [5, 5.41) is 1.21. The Morgan fingerprint density at radius 3 is 2.79 bits per heavy atom. The van der Waals surface area contributed by atoms with Crippen LogP contribution >= 0.6 is 23.2 Å².